The molecule has 3 heterocycles. The van der Waals surface area contributed by atoms with Crippen molar-refractivity contribution >= 4 is 21.9 Å². The Morgan fingerprint density at radius 2 is 1.94 bits per heavy atom. The van der Waals surface area contributed by atoms with Crippen molar-refractivity contribution < 1.29 is 13.2 Å². The standard InChI is InChI=1S/C24H33N5O3S/c1-16-6-5-7-18(14-16)21-9-8-20(22(26-21)29-13-10-17(2)24(29,3)4)23(30)27-33(31,32)28-12-11-19(25)15-28/h5-9,14,17,19H,10-13,15,25H2,1-4H3,(H,27,30)/t17?,19-/m0/s1. The molecule has 2 saturated heterocycles. The lowest BCUT2D eigenvalue weighted by Gasteiger charge is -2.36. The van der Waals surface area contributed by atoms with Crippen LogP contribution in [-0.2, 0) is 10.2 Å². The molecule has 0 saturated carbocycles. The minimum Gasteiger partial charge on any atom is -0.351 e. The Labute approximate surface area is 196 Å². The summed E-state index contributed by atoms with van der Waals surface area (Å²) < 4.78 is 29.1. The number of benzene rings is 1. The number of nitrogens with one attached hydrogen (secondary N) is 1. The van der Waals surface area contributed by atoms with Gasteiger partial charge < -0.3 is 10.6 Å². The van der Waals surface area contributed by atoms with Gasteiger partial charge in [0.05, 0.1) is 11.3 Å². The van der Waals surface area contributed by atoms with E-state index in [1.165, 1.54) is 4.31 Å². The van der Waals surface area contributed by atoms with Gasteiger partial charge in [0.2, 0.25) is 0 Å². The van der Waals surface area contributed by atoms with Crippen molar-refractivity contribution in [3.05, 3.63) is 47.5 Å². The molecule has 0 spiro atoms. The van der Waals surface area contributed by atoms with Crippen LogP contribution in [0.5, 0.6) is 0 Å². The first-order valence-corrected chi connectivity index (χ1v) is 12.9. The van der Waals surface area contributed by atoms with E-state index in [4.69, 9.17) is 10.7 Å². The summed E-state index contributed by atoms with van der Waals surface area (Å²) >= 11 is 0. The number of nitrogens with two attached hydrogens (primary N) is 1. The Morgan fingerprint density at radius 1 is 1.18 bits per heavy atom. The van der Waals surface area contributed by atoms with E-state index < -0.39 is 16.1 Å². The SMILES string of the molecule is Cc1cccc(-c2ccc(C(=O)NS(=O)(=O)N3CC[C@H](N)C3)c(N3CCC(C)C3(C)C)n2)c1. The van der Waals surface area contributed by atoms with Gasteiger partial charge in [0.25, 0.3) is 5.91 Å². The maximum atomic E-state index is 13.3. The van der Waals surface area contributed by atoms with Crippen LogP contribution < -0.4 is 15.4 Å². The molecule has 2 aliphatic rings. The lowest BCUT2D eigenvalue weighted by molar-refractivity contribution is 0.0979. The quantitative estimate of drug-likeness (QED) is 0.694. The molecule has 1 unspecified atom stereocenters. The average Bonchev–Trinajstić information content (AvgIpc) is 3.30. The smallest absolute Gasteiger partial charge is 0.304 e. The number of carbonyl (C=O) groups is 1. The summed E-state index contributed by atoms with van der Waals surface area (Å²) in [6.45, 7) is 9.73. The summed E-state index contributed by atoms with van der Waals surface area (Å²) in [5.74, 6) is 0.228. The molecular formula is C24H33N5O3S. The van der Waals surface area contributed by atoms with Gasteiger partial charge in [-0.1, -0.05) is 30.7 Å². The second kappa shape index (κ2) is 8.70. The van der Waals surface area contributed by atoms with Gasteiger partial charge in [-0.2, -0.15) is 12.7 Å². The highest BCUT2D eigenvalue weighted by Crippen LogP contribution is 2.39. The molecule has 33 heavy (non-hydrogen) atoms. The zero-order valence-electron chi connectivity index (χ0n) is 19.7. The lowest BCUT2D eigenvalue weighted by atomic mass is 9.90. The maximum absolute atomic E-state index is 13.3. The van der Waals surface area contributed by atoms with Gasteiger partial charge in [-0.3, -0.25) is 4.79 Å². The molecule has 8 nitrogen and oxygen atoms in total. The number of anilines is 1. The minimum absolute atomic E-state index is 0.205. The van der Waals surface area contributed by atoms with Crippen molar-refractivity contribution in [2.75, 3.05) is 24.5 Å². The highest BCUT2D eigenvalue weighted by Gasteiger charge is 2.41. The molecule has 1 aromatic heterocycles. The second-order valence-corrected chi connectivity index (χ2v) is 11.4. The third-order valence-electron chi connectivity index (χ3n) is 7.13. The van der Waals surface area contributed by atoms with E-state index in [0.717, 1.165) is 29.8 Å². The number of rotatable bonds is 5. The zero-order valence-corrected chi connectivity index (χ0v) is 20.5. The molecule has 2 aliphatic heterocycles. The first kappa shape index (κ1) is 23.7. The summed E-state index contributed by atoms with van der Waals surface area (Å²) in [5.41, 5.74) is 8.69. The van der Waals surface area contributed by atoms with Crippen molar-refractivity contribution in [1.29, 1.82) is 0 Å². The summed E-state index contributed by atoms with van der Waals surface area (Å²) in [6.07, 6.45) is 1.54. The van der Waals surface area contributed by atoms with Gasteiger partial charge in [-0.25, -0.2) is 9.71 Å². The monoisotopic (exact) mass is 471 g/mol. The Morgan fingerprint density at radius 3 is 2.55 bits per heavy atom. The van der Waals surface area contributed by atoms with E-state index >= 15 is 0 Å². The number of nitrogens with zero attached hydrogens (tertiary/aromatic N) is 3. The molecule has 3 N–H and O–H groups in total. The summed E-state index contributed by atoms with van der Waals surface area (Å²) in [4.78, 5) is 20.3. The molecular weight excluding hydrogens is 438 g/mol. The topological polar surface area (TPSA) is 109 Å². The van der Waals surface area contributed by atoms with E-state index in [0.29, 0.717) is 24.7 Å². The van der Waals surface area contributed by atoms with E-state index in [2.05, 4.69) is 30.4 Å². The number of aryl methyl sites for hydroxylation is 1. The number of pyridine rings is 1. The van der Waals surface area contributed by atoms with Gasteiger partial charge in [-0.15, -0.1) is 0 Å². The van der Waals surface area contributed by atoms with E-state index in [1.54, 1.807) is 12.1 Å². The molecule has 0 bridgehead atoms. The minimum atomic E-state index is -3.98. The van der Waals surface area contributed by atoms with Crippen LogP contribution in [0.2, 0.25) is 0 Å². The molecule has 1 amide bonds. The number of amides is 1. The Hall–Kier alpha value is -2.49. The molecule has 9 heteroatoms. The molecule has 178 valence electrons. The fourth-order valence-electron chi connectivity index (χ4n) is 4.61. The van der Waals surface area contributed by atoms with Crippen LogP contribution in [0.4, 0.5) is 5.82 Å². The fourth-order valence-corrected chi connectivity index (χ4v) is 5.82. The van der Waals surface area contributed by atoms with Crippen LogP contribution in [0.3, 0.4) is 0 Å². The van der Waals surface area contributed by atoms with Gasteiger partial charge in [-0.05, 0) is 57.7 Å². The molecule has 2 atom stereocenters. The highest BCUT2D eigenvalue weighted by molar-refractivity contribution is 7.87. The van der Waals surface area contributed by atoms with Gasteiger partial charge in [0.15, 0.2) is 0 Å². The predicted molar refractivity (Wildman–Crippen MR) is 130 cm³/mol. The first-order chi connectivity index (χ1) is 15.5. The van der Waals surface area contributed by atoms with Gasteiger partial charge in [0.1, 0.15) is 5.82 Å². The highest BCUT2D eigenvalue weighted by atomic mass is 32.2. The van der Waals surface area contributed by atoms with Gasteiger partial charge >= 0.3 is 10.2 Å². The van der Waals surface area contributed by atoms with E-state index in [1.807, 2.05) is 31.2 Å². The fraction of sp³-hybridized carbons (Fsp3) is 0.500. The van der Waals surface area contributed by atoms with Crippen molar-refractivity contribution in [3.8, 4) is 11.3 Å². The van der Waals surface area contributed by atoms with Crippen LogP contribution in [0, 0.1) is 12.8 Å². The maximum Gasteiger partial charge on any atom is 0.304 e. The summed E-state index contributed by atoms with van der Waals surface area (Å²) in [5, 5.41) is 0. The molecule has 2 fully saturated rings. The van der Waals surface area contributed by atoms with E-state index in [9.17, 15) is 13.2 Å². The Bertz CT molecular complexity index is 1160. The third-order valence-corrected chi connectivity index (χ3v) is 8.58. The van der Waals surface area contributed by atoms with Gasteiger partial charge in [0, 0.05) is 36.8 Å². The third kappa shape index (κ3) is 4.62. The lowest BCUT2D eigenvalue weighted by Crippen LogP contribution is -2.45. The number of hydrogen-bond acceptors (Lipinski definition) is 6. The second-order valence-electron chi connectivity index (χ2n) is 9.78. The largest absolute Gasteiger partial charge is 0.351 e. The molecule has 2 aromatic rings. The number of hydrogen-bond donors (Lipinski definition) is 2. The zero-order chi connectivity index (χ0) is 24.0. The molecule has 0 aliphatic carbocycles. The first-order valence-electron chi connectivity index (χ1n) is 11.4. The van der Waals surface area contributed by atoms with Crippen molar-refractivity contribution in [2.24, 2.45) is 11.7 Å². The molecule has 0 radical (unpaired) electrons. The van der Waals surface area contributed by atoms with Crippen molar-refractivity contribution in [1.82, 2.24) is 14.0 Å². The number of aromatic nitrogens is 1. The summed E-state index contributed by atoms with van der Waals surface area (Å²) in [7, 11) is -3.98. The average molecular weight is 472 g/mol. The Kier molecular flexibility index (Phi) is 6.24. The van der Waals surface area contributed by atoms with Crippen LogP contribution in [0.1, 0.15) is 49.5 Å². The Balaban J connectivity index is 1.73. The van der Waals surface area contributed by atoms with E-state index in [-0.39, 0.29) is 23.7 Å². The van der Waals surface area contributed by atoms with Crippen molar-refractivity contribution in [3.63, 3.8) is 0 Å². The number of carbonyl (C=O) groups excluding carboxylic acids is 1. The predicted octanol–water partition coefficient (Wildman–Crippen LogP) is 2.69. The van der Waals surface area contributed by atoms with Crippen molar-refractivity contribution in [2.45, 2.75) is 52.1 Å². The molecule has 1 aromatic carbocycles. The van der Waals surface area contributed by atoms with Crippen LogP contribution in [0.25, 0.3) is 11.3 Å². The normalized spacial score (nSPS) is 23.1. The summed E-state index contributed by atoms with van der Waals surface area (Å²) in [6, 6.07) is 11.3. The van der Waals surface area contributed by atoms with Crippen LogP contribution in [-0.4, -0.2) is 54.8 Å². The van der Waals surface area contributed by atoms with Crippen LogP contribution in [0.15, 0.2) is 36.4 Å². The van der Waals surface area contributed by atoms with Crippen LogP contribution >= 0.6 is 0 Å². The molecule has 4 rings (SSSR count).